The van der Waals surface area contributed by atoms with Crippen LogP contribution in [0.4, 0.5) is 0 Å². The average Bonchev–Trinajstić information content (AvgIpc) is 4.54. The number of nitrogens with one attached hydrogen (secondary N) is 1. The number of nitrogens with zero attached hydrogens (tertiary/aromatic N) is 8. The molecule has 0 amide bonds. The van der Waals surface area contributed by atoms with Crippen molar-refractivity contribution in [1.29, 1.82) is 0 Å². The number of alkyl halides is 2. The minimum atomic E-state index is -0.543. The van der Waals surface area contributed by atoms with Crippen LogP contribution in [0.3, 0.4) is 0 Å². The van der Waals surface area contributed by atoms with Crippen LogP contribution in [-0.4, -0.2) is 118 Å². The molecule has 22 heteroatoms. The number of esters is 4. The Morgan fingerprint density at radius 2 is 0.823 bits per heavy atom. The summed E-state index contributed by atoms with van der Waals surface area (Å²) in [5, 5.41) is 32.0. The molecular weight excluding hydrogens is 1110 g/mol. The van der Waals surface area contributed by atoms with E-state index < -0.39 is 23.9 Å². The summed E-state index contributed by atoms with van der Waals surface area (Å²) in [6, 6.07) is 38.3. The van der Waals surface area contributed by atoms with Crippen molar-refractivity contribution in [2.75, 3.05) is 49.7 Å². The van der Waals surface area contributed by atoms with Crippen molar-refractivity contribution in [2.24, 2.45) is 0 Å². The number of thioether (sulfide) groups is 2. The largest absolute Gasteiger partial charge is 0.461 e. The van der Waals surface area contributed by atoms with Gasteiger partial charge in [0.2, 0.25) is 0 Å². The Morgan fingerprint density at radius 3 is 1.15 bits per heavy atom. The first-order valence-corrected chi connectivity index (χ1v) is 29.1. The topological polar surface area (TPSA) is 200 Å². The molecule has 0 bridgehead atoms. The summed E-state index contributed by atoms with van der Waals surface area (Å²) in [6.45, 7) is -0.0566. The van der Waals surface area contributed by atoms with Crippen LogP contribution in [0, 0.1) is 4.77 Å². The van der Waals surface area contributed by atoms with Crippen molar-refractivity contribution < 1.29 is 38.1 Å². The van der Waals surface area contributed by atoms with E-state index in [1.54, 1.807) is 19.0 Å². The zero-order valence-corrected chi connectivity index (χ0v) is 46.5. The fourth-order valence-electron chi connectivity index (χ4n) is 9.23. The number of aromatic amines is 1. The van der Waals surface area contributed by atoms with Crippen LogP contribution in [-0.2, 0) is 38.1 Å². The molecule has 406 valence electrons. The first-order chi connectivity index (χ1) is 38.7. The lowest BCUT2D eigenvalue weighted by atomic mass is 9.99. The van der Waals surface area contributed by atoms with Gasteiger partial charge >= 0.3 is 23.9 Å². The Hall–Kier alpha value is -7.10. The number of H-pyrrole nitrogens is 1. The maximum atomic E-state index is 12.5. The predicted octanol–water partition coefficient (Wildman–Crippen LogP) is 11.4. The van der Waals surface area contributed by atoms with Crippen molar-refractivity contribution in [3.05, 3.63) is 150 Å². The molecule has 6 aromatic carbocycles. The molecule has 3 fully saturated rings. The Balaban J connectivity index is 0.000000184. The monoisotopic (exact) mass is 1160 g/mol. The van der Waals surface area contributed by atoms with E-state index in [1.165, 1.54) is 100 Å². The van der Waals surface area contributed by atoms with Crippen LogP contribution < -0.4 is 0 Å². The molecule has 1 N–H and O–H groups in total. The van der Waals surface area contributed by atoms with Gasteiger partial charge in [0.1, 0.15) is 57.2 Å². The average molecular weight is 1160 g/mol. The summed E-state index contributed by atoms with van der Waals surface area (Å²) in [5.41, 5.74) is 7.27. The van der Waals surface area contributed by atoms with E-state index in [9.17, 15) is 19.2 Å². The number of hydrogen-bond acceptors (Lipinski definition) is 16. The molecule has 0 spiro atoms. The van der Waals surface area contributed by atoms with Crippen LogP contribution in [0.25, 0.3) is 49.4 Å². The number of halogens is 2. The first kappa shape index (κ1) is 55.2. The number of benzene rings is 6. The van der Waals surface area contributed by atoms with Gasteiger partial charge in [-0.25, -0.2) is 0 Å². The molecule has 3 aliphatic rings. The van der Waals surface area contributed by atoms with Crippen LogP contribution in [0.5, 0.6) is 0 Å². The lowest BCUT2D eigenvalue weighted by Crippen LogP contribution is -2.16. The lowest BCUT2D eigenvalue weighted by Gasteiger charge is -2.13. The van der Waals surface area contributed by atoms with Gasteiger partial charge in [-0.15, -0.1) is 43.6 Å². The quantitative estimate of drug-likeness (QED) is 0.0188. The summed E-state index contributed by atoms with van der Waals surface area (Å²) in [4.78, 5) is 45.8. The maximum absolute atomic E-state index is 12.5. The Morgan fingerprint density at radius 1 is 0.481 bits per heavy atom. The summed E-state index contributed by atoms with van der Waals surface area (Å²) in [6.07, 6.45) is 12.6. The van der Waals surface area contributed by atoms with E-state index in [4.69, 9.17) is 44.9 Å². The Labute approximate surface area is 477 Å². The SMILES string of the molecule is O=C(CCl)OCCOC(=O)CCl.O=C(CSc1nncn1-c1ccc(C2CC2)c2ccccc12)OCCOC(=O)CSc1nncn1-c1ccc(C2CC2)c2ccccc12.S=c1[nH]ncn1-c1ccc(C2CC2)c2ccccc12. The number of aromatic nitrogens is 9. The highest BCUT2D eigenvalue weighted by atomic mass is 35.5. The van der Waals surface area contributed by atoms with Crippen LogP contribution >= 0.6 is 58.9 Å². The third-order valence-corrected chi connectivity index (χ3v) is 15.9. The van der Waals surface area contributed by atoms with Gasteiger partial charge in [0, 0.05) is 16.2 Å². The molecule has 3 aromatic heterocycles. The molecule has 0 saturated heterocycles. The third-order valence-electron chi connectivity index (χ3n) is 13.3. The minimum absolute atomic E-state index is 0.00812. The van der Waals surface area contributed by atoms with Crippen LogP contribution in [0.2, 0.25) is 0 Å². The standard InChI is InChI=1S/C36H32N6O4S2.C15H13N3S.C6H8Cl2O4/c43-33(19-47-35-39-37-21-41(35)31-15-13-25(23-9-10-23)27-5-1-3-7-29(27)31)45-17-18-46-34(44)20-48-36-40-38-22-42(36)32-16-14-26(24-11-12-24)28-6-2-4-8-30(28)32;19-15-17-16-9-18(15)14-8-7-11(10-5-6-10)12-3-1-2-4-13(12)14;7-3-5(9)11-1-2-12-6(10)4-8/h1-8,13-16,21-24H,9-12,17-20H2;1-4,7-10H,5-6H2,(H,17,19);1-4H2. The fraction of sp³-hybridized carbons (Fsp3) is 0.298. The molecule has 0 aliphatic heterocycles. The number of rotatable bonds is 20. The molecular formula is C57H53Cl2N9O8S3. The van der Waals surface area contributed by atoms with Gasteiger partial charge in [0.25, 0.3) is 0 Å². The molecule has 9 aromatic rings. The van der Waals surface area contributed by atoms with E-state index >= 15 is 0 Å². The lowest BCUT2D eigenvalue weighted by molar-refractivity contribution is -0.149. The van der Waals surface area contributed by atoms with Gasteiger partial charge in [-0.3, -0.25) is 38.0 Å². The predicted molar refractivity (Wildman–Crippen MR) is 307 cm³/mol. The fourth-order valence-corrected chi connectivity index (χ4v) is 11.0. The molecule has 0 radical (unpaired) electrons. The van der Waals surface area contributed by atoms with E-state index in [-0.39, 0.29) is 49.7 Å². The van der Waals surface area contributed by atoms with Crippen molar-refractivity contribution in [1.82, 2.24) is 44.3 Å². The van der Waals surface area contributed by atoms with Crippen molar-refractivity contribution in [2.45, 2.75) is 66.6 Å². The minimum Gasteiger partial charge on any atom is -0.461 e. The van der Waals surface area contributed by atoms with Crippen molar-refractivity contribution in [3.63, 3.8) is 0 Å². The number of hydrogen-bond donors (Lipinski definition) is 1. The maximum Gasteiger partial charge on any atom is 0.320 e. The number of carbonyl (C=O) groups is 4. The molecule has 3 aliphatic carbocycles. The van der Waals surface area contributed by atoms with Crippen LogP contribution in [0.1, 0.15) is 73.0 Å². The highest BCUT2D eigenvalue weighted by molar-refractivity contribution is 8.00. The normalized spacial score (nSPS) is 13.7. The summed E-state index contributed by atoms with van der Waals surface area (Å²) < 4.78 is 26.0. The van der Waals surface area contributed by atoms with E-state index in [0.717, 1.165) is 33.8 Å². The van der Waals surface area contributed by atoms with Crippen molar-refractivity contribution >= 4 is 115 Å². The number of fused-ring (bicyclic) bond motifs is 3. The molecule has 0 unspecified atom stereocenters. The summed E-state index contributed by atoms with van der Waals surface area (Å²) in [7, 11) is 0. The Bertz CT molecular complexity index is 3540. The molecule has 3 saturated carbocycles. The number of carbonyl (C=O) groups excluding carboxylic acids is 4. The van der Waals surface area contributed by atoms with Gasteiger partial charge in [-0.1, -0.05) is 115 Å². The molecule has 17 nitrogen and oxygen atoms in total. The van der Waals surface area contributed by atoms with Crippen molar-refractivity contribution in [3.8, 4) is 17.1 Å². The van der Waals surface area contributed by atoms with Gasteiger partial charge < -0.3 is 18.9 Å². The summed E-state index contributed by atoms with van der Waals surface area (Å²) in [5.74, 6) is -0.244. The van der Waals surface area contributed by atoms with Gasteiger partial charge in [0.05, 0.1) is 28.6 Å². The zero-order chi connectivity index (χ0) is 54.7. The summed E-state index contributed by atoms with van der Waals surface area (Å²) >= 11 is 18.0. The number of ether oxygens (including phenoxy) is 4. The van der Waals surface area contributed by atoms with Gasteiger partial charge in [-0.05, 0) is 120 Å². The zero-order valence-electron chi connectivity index (χ0n) is 42.6. The molecule has 0 atom stereocenters. The van der Waals surface area contributed by atoms with E-state index in [2.05, 4.69) is 137 Å². The van der Waals surface area contributed by atoms with E-state index in [1.807, 2.05) is 25.8 Å². The second-order valence-electron chi connectivity index (χ2n) is 18.7. The first-order valence-electron chi connectivity index (χ1n) is 25.7. The molecule has 3 heterocycles. The molecule has 12 rings (SSSR count). The highest BCUT2D eigenvalue weighted by Gasteiger charge is 2.28. The second-order valence-corrected chi connectivity index (χ2v) is 21.5. The molecule has 79 heavy (non-hydrogen) atoms. The third kappa shape index (κ3) is 13.8. The van der Waals surface area contributed by atoms with Gasteiger partial charge in [-0.2, -0.15) is 5.10 Å². The second kappa shape index (κ2) is 26.2. The van der Waals surface area contributed by atoms with Crippen LogP contribution in [0.15, 0.2) is 138 Å². The Kier molecular flexibility index (Phi) is 18.3. The smallest absolute Gasteiger partial charge is 0.320 e. The van der Waals surface area contributed by atoms with Gasteiger partial charge in [0.15, 0.2) is 15.1 Å². The highest BCUT2D eigenvalue weighted by Crippen LogP contribution is 2.46. The van der Waals surface area contributed by atoms with E-state index in [0.29, 0.717) is 26.9 Å².